The number of urea groups is 1. The number of nitrogens with one attached hydrogen (secondary N) is 2. The van der Waals surface area contributed by atoms with Gasteiger partial charge in [-0.05, 0) is 25.7 Å². The highest BCUT2D eigenvalue weighted by molar-refractivity contribution is 5.88. The van der Waals surface area contributed by atoms with Crippen molar-refractivity contribution in [1.82, 2.24) is 30.1 Å². The number of rotatable bonds is 7. The van der Waals surface area contributed by atoms with E-state index in [0.717, 1.165) is 0 Å². The molecule has 134 valence electrons. The van der Waals surface area contributed by atoms with Crippen LogP contribution in [-0.2, 0) is 11.3 Å². The van der Waals surface area contributed by atoms with E-state index < -0.39 is 5.97 Å². The molecule has 2 N–H and O–H groups in total. The first-order valence-corrected chi connectivity index (χ1v) is 8.14. The second-order valence-electron chi connectivity index (χ2n) is 6.03. The van der Waals surface area contributed by atoms with Gasteiger partial charge < -0.3 is 15.4 Å². The van der Waals surface area contributed by atoms with Gasteiger partial charge in [0, 0.05) is 12.7 Å². The third kappa shape index (κ3) is 4.34. The van der Waals surface area contributed by atoms with Gasteiger partial charge in [0.2, 0.25) is 0 Å². The van der Waals surface area contributed by atoms with Crippen LogP contribution in [0.15, 0.2) is 18.6 Å². The normalized spacial score (nSPS) is 14.8. The number of aromatic nitrogens is 5. The fourth-order valence-electron chi connectivity index (χ4n) is 2.48. The zero-order valence-electron chi connectivity index (χ0n) is 14.2. The Kier molecular flexibility index (Phi) is 4.96. The van der Waals surface area contributed by atoms with Gasteiger partial charge in [-0.3, -0.25) is 4.68 Å². The summed E-state index contributed by atoms with van der Waals surface area (Å²) in [5.74, 6) is 0.147. The SMILES string of the molecule is COC(=O)c1cn(CCNC(=O)Nc2cnn([C@H](C)C3CC3)c2)nn1. The van der Waals surface area contributed by atoms with Crippen LogP contribution in [0.3, 0.4) is 0 Å². The van der Waals surface area contributed by atoms with E-state index in [9.17, 15) is 9.59 Å². The van der Waals surface area contributed by atoms with Crippen LogP contribution in [-0.4, -0.2) is 50.4 Å². The molecule has 0 saturated heterocycles. The van der Waals surface area contributed by atoms with E-state index in [0.29, 0.717) is 30.7 Å². The van der Waals surface area contributed by atoms with Crippen LogP contribution in [0.25, 0.3) is 0 Å². The molecule has 0 aliphatic heterocycles. The van der Waals surface area contributed by atoms with Crippen LogP contribution in [0.5, 0.6) is 0 Å². The molecule has 1 fully saturated rings. The predicted octanol–water partition coefficient (Wildman–Crippen LogP) is 1.05. The number of methoxy groups -OCH3 is 1. The molecule has 0 unspecified atom stereocenters. The standard InChI is InChI=1S/C15H21N7O3/c1-10(11-3-4-11)22-8-12(7-17-22)18-15(24)16-5-6-21-9-13(19-20-21)14(23)25-2/h7-11H,3-6H2,1-2H3,(H2,16,18,24)/t10-/m1/s1. The summed E-state index contributed by atoms with van der Waals surface area (Å²) in [7, 11) is 1.28. The van der Waals surface area contributed by atoms with Gasteiger partial charge in [0.15, 0.2) is 5.69 Å². The first kappa shape index (κ1) is 16.9. The Morgan fingerprint density at radius 2 is 2.20 bits per heavy atom. The lowest BCUT2D eigenvalue weighted by Crippen LogP contribution is -2.31. The highest BCUT2D eigenvalue weighted by atomic mass is 16.5. The number of carbonyl (C=O) groups is 2. The predicted molar refractivity (Wildman–Crippen MR) is 88.0 cm³/mol. The molecular weight excluding hydrogens is 326 g/mol. The minimum atomic E-state index is -0.547. The Bertz CT molecular complexity index is 750. The van der Waals surface area contributed by atoms with E-state index >= 15 is 0 Å². The Labute approximate surface area is 144 Å². The number of amides is 2. The van der Waals surface area contributed by atoms with Crippen LogP contribution < -0.4 is 10.6 Å². The van der Waals surface area contributed by atoms with Gasteiger partial charge in [-0.1, -0.05) is 5.21 Å². The van der Waals surface area contributed by atoms with E-state index in [1.165, 1.54) is 30.8 Å². The van der Waals surface area contributed by atoms with Crippen molar-refractivity contribution in [1.29, 1.82) is 0 Å². The number of esters is 1. The summed E-state index contributed by atoms with van der Waals surface area (Å²) in [5, 5.41) is 17.2. The molecule has 2 aromatic heterocycles. The maximum absolute atomic E-state index is 11.9. The van der Waals surface area contributed by atoms with Crippen LogP contribution >= 0.6 is 0 Å². The van der Waals surface area contributed by atoms with Gasteiger partial charge in [-0.25, -0.2) is 14.3 Å². The quantitative estimate of drug-likeness (QED) is 0.723. The number of carbonyl (C=O) groups excluding carboxylic acids is 2. The Balaban J connectivity index is 1.42. The molecule has 0 bridgehead atoms. The van der Waals surface area contributed by atoms with Crippen LogP contribution in [0.4, 0.5) is 10.5 Å². The number of nitrogens with zero attached hydrogens (tertiary/aromatic N) is 5. The van der Waals surface area contributed by atoms with Crippen molar-refractivity contribution < 1.29 is 14.3 Å². The molecule has 0 aromatic carbocycles. The van der Waals surface area contributed by atoms with E-state index in [-0.39, 0.29) is 11.7 Å². The van der Waals surface area contributed by atoms with E-state index in [2.05, 4.69) is 37.7 Å². The Morgan fingerprint density at radius 3 is 2.92 bits per heavy atom. The van der Waals surface area contributed by atoms with E-state index in [4.69, 9.17) is 0 Å². The summed E-state index contributed by atoms with van der Waals surface area (Å²) in [4.78, 5) is 23.2. The Hall–Kier alpha value is -2.91. The highest BCUT2D eigenvalue weighted by Gasteiger charge is 2.29. The highest BCUT2D eigenvalue weighted by Crippen LogP contribution is 2.39. The summed E-state index contributed by atoms with van der Waals surface area (Å²) in [6, 6.07) is 0.0295. The molecule has 25 heavy (non-hydrogen) atoms. The first-order chi connectivity index (χ1) is 12.1. The molecule has 0 spiro atoms. The van der Waals surface area contributed by atoms with Crippen LogP contribution in [0, 0.1) is 5.92 Å². The monoisotopic (exact) mass is 347 g/mol. The maximum atomic E-state index is 11.9. The number of hydrogen-bond donors (Lipinski definition) is 2. The smallest absolute Gasteiger partial charge is 0.360 e. The van der Waals surface area contributed by atoms with Crippen LogP contribution in [0.1, 0.15) is 36.3 Å². The average Bonchev–Trinajstić information content (AvgIpc) is 3.17. The van der Waals surface area contributed by atoms with Crippen molar-refractivity contribution in [3.8, 4) is 0 Å². The second-order valence-corrected chi connectivity index (χ2v) is 6.03. The van der Waals surface area contributed by atoms with Crippen molar-refractivity contribution in [2.45, 2.75) is 32.4 Å². The van der Waals surface area contributed by atoms with Gasteiger partial charge in [0.25, 0.3) is 0 Å². The molecule has 1 aliphatic rings. The summed E-state index contributed by atoms with van der Waals surface area (Å²) >= 11 is 0. The van der Waals surface area contributed by atoms with E-state index in [1.807, 2.05) is 10.9 Å². The zero-order chi connectivity index (χ0) is 17.8. The van der Waals surface area contributed by atoms with Gasteiger partial charge in [-0.2, -0.15) is 5.10 Å². The summed E-state index contributed by atoms with van der Waals surface area (Å²) in [6.07, 6.45) is 7.42. The topological polar surface area (TPSA) is 116 Å². The molecule has 3 rings (SSSR count). The van der Waals surface area contributed by atoms with Crippen molar-refractivity contribution in [3.63, 3.8) is 0 Å². The third-order valence-corrected chi connectivity index (χ3v) is 4.14. The Morgan fingerprint density at radius 1 is 1.40 bits per heavy atom. The van der Waals surface area contributed by atoms with Crippen molar-refractivity contribution in [3.05, 3.63) is 24.3 Å². The molecule has 2 heterocycles. The zero-order valence-corrected chi connectivity index (χ0v) is 14.2. The molecule has 1 atom stereocenters. The largest absolute Gasteiger partial charge is 0.464 e. The maximum Gasteiger partial charge on any atom is 0.360 e. The lowest BCUT2D eigenvalue weighted by molar-refractivity contribution is 0.0594. The van der Waals surface area contributed by atoms with Gasteiger partial charge in [0.05, 0.1) is 37.8 Å². The fraction of sp³-hybridized carbons (Fsp3) is 0.533. The third-order valence-electron chi connectivity index (χ3n) is 4.14. The average molecular weight is 347 g/mol. The summed E-state index contributed by atoms with van der Waals surface area (Å²) in [6.45, 7) is 2.85. The molecule has 0 radical (unpaired) electrons. The molecule has 1 saturated carbocycles. The molecule has 2 amide bonds. The van der Waals surface area contributed by atoms with Gasteiger partial charge in [0.1, 0.15) is 0 Å². The molecule has 1 aliphatic carbocycles. The second kappa shape index (κ2) is 7.32. The molecule has 10 heteroatoms. The van der Waals surface area contributed by atoms with Gasteiger partial charge >= 0.3 is 12.0 Å². The summed E-state index contributed by atoms with van der Waals surface area (Å²) in [5.41, 5.74) is 0.780. The van der Waals surface area contributed by atoms with E-state index in [1.54, 1.807) is 6.20 Å². The van der Waals surface area contributed by atoms with Crippen molar-refractivity contribution in [2.75, 3.05) is 19.0 Å². The first-order valence-electron chi connectivity index (χ1n) is 8.14. The fourth-order valence-corrected chi connectivity index (χ4v) is 2.48. The molecule has 2 aromatic rings. The minimum Gasteiger partial charge on any atom is -0.464 e. The summed E-state index contributed by atoms with van der Waals surface area (Å²) < 4.78 is 7.90. The minimum absolute atomic E-state index is 0.129. The number of anilines is 1. The number of hydrogen-bond acceptors (Lipinski definition) is 6. The lowest BCUT2D eigenvalue weighted by atomic mass is 10.2. The van der Waals surface area contributed by atoms with Crippen molar-refractivity contribution in [2.24, 2.45) is 5.92 Å². The molecule has 10 nitrogen and oxygen atoms in total. The van der Waals surface area contributed by atoms with Gasteiger partial charge in [-0.15, -0.1) is 5.10 Å². The lowest BCUT2D eigenvalue weighted by Gasteiger charge is -2.09. The van der Waals surface area contributed by atoms with Crippen LogP contribution in [0.2, 0.25) is 0 Å². The number of ether oxygens (including phenoxy) is 1. The molecular formula is C15H21N7O3. The van der Waals surface area contributed by atoms with Crippen molar-refractivity contribution >= 4 is 17.7 Å².